The van der Waals surface area contributed by atoms with Crippen LogP contribution in [0.25, 0.3) is 17.4 Å². The minimum Gasteiger partial charge on any atom is -0.478 e. The van der Waals surface area contributed by atoms with Crippen molar-refractivity contribution in [1.29, 1.82) is 0 Å². The molecule has 6 nitrogen and oxygen atoms in total. The molecule has 0 fully saturated rings. The van der Waals surface area contributed by atoms with Crippen molar-refractivity contribution in [2.24, 2.45) is 5.10 Å². The van der Waals surface area contributed by atoms with Crippen LogP contribution in [0.3, 0.4) is 0 Å². The molecule has 0 amide bonds. The zero-order valence-corrected chi connectivity index (χ0v) is 16.2. The highest BCUT2D eigenvalue weighted by Crippen LogP contribution is 2.32. The van der Waals surface area contributed by atoms with E-state index in [4.69, 9.17) is 16.0 Å². The summed E-state index contributed by atoms with van der Waals surface area (Å²) >= 11 is 6.21. The van der Waals surface area contributed by atoms with Gasteiger partial charge in [0.1, 0.15) is 11.5 Å². The number of rotatable bonds is 4. The highest BCUT2D eigenvalue weighted by Gasteiger charge is 2.29. The summed E-state index contributed by atoms with van der Waals surface area (Å²) < 4.78 is 5.85. The van der Waals surface area contributed by atoms with Crippen LogP contribution in [0.15, 0.2) is 75.8 Å². The van der Waals surface area contributed by atoms with E-state index >= 15 is 0 Å². The Bertz CT molecular complexity index is 1130. The maximum atomic E-state index is 11.2. The number of aliphatic hydroxyl groups excluding tert-OH is 1. The van der Waals surface area contributed by atoms with Gasteiger partial charge in [-0.25, -0.2) is 9.80 Å². The lowest BCUT2D eigenvalue weighted by atomic mass is 10.1. The van der Waals surface area contributed by atoms with Gasteiger partial charge in [-0.2, -0.15) is 5.10 Å². The van der Waals surface area contributed by atoms with Gasteiger partial charge in [0, 0.05) is 11.1 Å². The van der Waals surface area contributed by atoms with Gasteiger partial charge in [0.05, 0.1) is 22.0 Å². The molecule has 1 atom stereocenters. The minimum atomic E-state index is -1.04. The Hall–Kier alpha value is -3.35. The molecule has 0 aliphatic carbocycles. The average molecular weight is 409 g/mol. The molecule has 7 heteroatoms. The van der Waals surface area contributed by atoms with Gasteiger partial charge in [0.2, 0.25) is 0 Å². The lowest BCUT2D eigenvalue weighted by Crippen LogP contribution is -2.27. The number of furan rings is 1. The van der Waals surface area contributed by atoms with Crippen molar-refractivity contribution < 1.29 is 19.4 Å². The van der Waals surface area contributed by atoms with Gasteiger partial charge >= 0.3 is 5.97 Å². The number of aliphatic hydroxyl groups is 1. The quantitative estimate of drug-likeness (QED) is 0.641. The van der Waals surface area contributed by atoms with Gasteiger partial charge < -0.3 is 14.6 Å². The standard InChI is InChI=1S/C22H17ClN2O4/c1-13-17(21(26)25(24-13)15-5-3-2-4-6-15)12-16-8-10-20(29-16)18-11-14(22(27)28)7-9-19(18)23/h2-12,21,26H,1H3,(H,27,28)/b17-12-. The number of halogens is 1. The van der Waals surface area contributed by atoms with Gasteiger partial charge in [0.15, 0.2) is 6.23 Å². The Morgan fingerprint density at radius 1 is 1.17 bits per heavy atom. The predicted octanol–water partition coefficient (Wildman–Crippen LogP) is 4.90. The third kappa shape index (κ3) is 3.68. The monoisotopic (exact) mass is 408 g/mol. The van der Waals surface area contributed by atoms with Crippen LogP contribution in [0, 0.1) is 0 Å². The Morgan fingerprint density at radius 3 is 2.66 bits per heavy atom. The number of nitrogens with zero attached hydrogens (tertiary/aromatic N) is 2. The second kappa shape index (κ2) is 7.58. The third-order valence-electron chi connectivity index (χ3n) is 4.61. The molecule has 146 valence electrons. The van der Waals surface area contributed by atoms with E-state index in [1.807, 2.05) is 37.3 Å². The van der Waals surface area contributed by atoms with E-state index in [1.54, 1.807) is 18.2 Å². The molecule has 2 aromatic carbocycles. The summed E-state index contributed by atoms with van der Waals surface area (Å²) in [5.41, 5.74) is 2.67. The second-order valence-corrected chi connectivity index (χ2v) is 6.95. The average Bonchev–Trinajstić information content (AvgIpc) is 3.29. The molecule has 2 heterocycles. The van der Waals surface area contributed by atoms with Crippen LogP contribution in [0.4, 0.5) is 5.69 Å². The number of hydrogen-bond donors (Lipinski definition) is 2. The molecule has 0 saturated heterocycles. The summed E-state index contributed by atoms with van der Waals surface area (Å²) in [6.07, 6.45) is 0.773. The molecule has 2 N–H and O–H groups in total. The van der Waals surface area contributed by atoms with E-state index in [1.165, 1.54) is 23.2 Å². The zero-order chi connectivity index (χ0) is 20.5. The first kappa shape index (κ1) is 19.0. The Balaban J connectivity index is 1.64. The maximum absolute atomic E-state index is 11.2. The summed E-state index contributed by atoms with van der Waals surface area (Å²) in [6.45, 7) is 1.81. The maximum Gasteiger partial charge on any atom is 0.335 e. The Morgan fingerprint density at radius 2 is 1.93 bits per heavy atom. The Labute approximate surface area is 172 Å². The summed E-state index contributed by atoms with van der Waals surface area (Å²) in [7, 11) is 0. The van der Waals surface area contributed by atoms with Crippen LogP contribution in [0.2, 0.25) is 5.02 Å². The Kier molecular flexibility index (Phi) is 4.96. The number of aromatic carboxylic acids is 1. The molecular weight excluding hydrogens is 392 g/mol. The number of para-hydroxylation sites is 1. The lowest BCUT2D eigenvalue weighted by Gasteiger charge is -2.19. The fourth-order valence-corrected chi connectivity index (χ4v) is 3.34. The van der Waals surface area contributed by atoms with Crippen LogP contribution in [-0.4, -0.2) is 28.1 Å². The number of carboxylic acids is 1. The number of carbonyl (C=O) groups is 1. The number of hydrogen-bond acceptors (Lipinski definition) is 5. The number of carboxylic acid groups (broad SMARTS) is 1. The van der Waals surface area contributed by atoms with E-state index in [0.717, 1.165) is 5.69 Å². The van der Waals surface area contributed by atoms with Gasteiger partial charge in [-0.15, -0.1) is 0 Å². The molecular formula is C22H17ClN2O4. The molecule has 3 aromatic rings. The summed E-state index contributed by atoms with van der Waals surface area (Å²) in [5.74, 6) is -0.110. The fourth-order valence-electron chi connectivity index (χ4n) is 3.13. The van der Waals surface area contributed by atoms with E-state index in [2.05, 4.69) is 5.10 Å². The third-order valence-corrected chi connectivity index (χ3v) is 4.94. The van der Waals surface area contributed by atoms with E-state index < -0.39 is 12.2 Å². The zero-order valence-electron chi connectivity index (χ0n) is 15.4. The molecule has 1 unspecified atom stereocenters. The van der Waals surface area contributed by atoms with Crippen LogP contribution in [0.1, 0.15) is 23.0 Å². The van der Waals surface area contributed by atoms with Crippen molar-refractivity contribution in [2.75, 3.05) is 5.01 Å². The first-order valence-electron chi connectivity index (χ1n) is 8.86. The smallest absolute Gasteiger partial charge is 0.335 e. The molecule has 1 aliphatic rings. The number of hydrazone groups is 1. The highest BCUT2D eigenvalue weighted by atomic mass is 35.5. The summed E-state index contributed by atoms with van der Waals surface area (Å²) in [5, 5.41) is 26.3. The van der Waals surface area contributed by atoms with Gasteiger partial charge in [-0.05, 0) is 55.5 Å². The van der Waals surface area contributed by atoms with E-state index in [-0.39, 0.29) is 5.56 Å². The van der Waals surface area contributed by atoms with Crippen molar-refractivity contribution in [3.63, 3.8) is 0 Å². The predicted molar refractivity (Wildman–Crippen MR) is 112 cm³/mol. The normalized spacial score (nSPS) is 17.6. The van der Waals surface area contributed by atoms with Crippen molar-refractivity contribution >= 4 is 35.0 Å². The fraction of sp³-hybridized carbons (Fsp3) is 0.0909. The number of benzene rings is 2. The first-order chi connectivity index (χ1) is 13.9. The van der Waals surface area contributed by atoms with Crippen molar-refractivity contribution in [3.8, 4) is 11.3 Å². The molecule has 0 radical (unpaired) electrons. The van der Waals surface area contributed by atoms with Crippen molar-refractivity contribution in [2.45, 2.75) is 13.2 Å². The molecule has 0 spiro atoms. The molecule has 29 heavy (non-hydrogen) atoms. The molecule has 0 saturated carbocycles. The van der Waals surface area contributed by atoms with Crippen LogP contribution in [0.5, 0.6) is 0 Å². The largest absolute Gasteiger partial charge is 0.478 e. The number of anilines is 1. The van der Waals surface area contributed by atoms with E-state index in [9.17, 15) is 15.0 Å². The lowest BCUT2D eigenvalue weighted by molar-refractivity contribution is 0.0697. The summed E-state index contributed by atoms with van der Waals surface area (Å²) in [4.78, 5) is 11.2. The van der Waals surface area contributed by atoms with Crippen LogP contribution >= 0.6 is 11.6 Å². The topological polar surface area (TPSA) is 86.3 Å². The van der Waals surface area contributed by atoms with Gasteiger partial charge in [0.25, 0.3) is 0 Å². The molecule has 4 rings (SSSR count). The van der Waals surface area contributed by atoms with Crippen LogP contribution in [-0.2, 0) is 0 Å². The molecule has 1 aromatic heterocycles. The van der Waals surface area contributed by atoms with Gasteiger partial charge in [-0.1, -0.05) is 29.8 Å². The van der Waals surface area contributed by atoms with Crippen molar-refractivity contribution in [1.82, 2.24) is 0 Å². The highest BCUT2D eigenvalue weighted by molar-refractivity contribution is 6.33. The van der Waals surface area contributed by atoms with Crippen molar-refractivity contribution in [3.05, 3.63) is 82.6 Å². The van der Waals surface area contributed by atoms with Crippen LogP contribution < -0.4 is 5.01 Å². The first-order valence-corrected chi connectivity index (χ1v) is 9.24. The SMILES string of the molecule is CC1=NN(c2ccccc2)C(O)/C1=C\c1ccc(-c2cc(C(=O)O)ccc2Cl)o1. The second-order valence-electron chi connectivity index (χ2n) is 6.54. The molecule has 0 bridgehead atoms. The van der Waals surface area contributed by atoms with E-state index in [0.29, 0.717) is 33.4 Å². The molecule has 1 aliphatic heterocycles. The minimum absolute atomic E-state index is 0.119. The van der Waals surface area contributed by atoms with Gasteiger partial charge in [-0.3, -0.25) is 0 Å². The summed E-state index contributed by atoms with van der Waals surface area (Å²) in [6, 6.07) is 17.3.